The van der Waals surface area contributed by atoms with Gasteiger partial charge in [-0.1, -0.05) is 0 Å². The van der Waals surface area contributed by atoms with Crippen molar-refractivity contribution in [2.45, 2.75) is 6.42 Å². The minimum Gasteiger partial charge on any atom is -0.481 e. The first-order chi connectivity index (χ1) is 8.49. The van der Waals surface area contributed by atoms with Crippen molar-refractivity contribution in [3.63, 3.8) is 0 Å². The van der Waals surface area contributed by atoms with E-state index in [1.165, 1.54) is 24.3 Å². The fourth-order valence-corrected chi connectivity index (χ4v) is 1.69. The van der Waals surface area contributed by atoms with Crippen molar-refractivity contribution in [2.75, 3.05) is 5.32 Å². The molecule has 1 aromatic carbocycles. The summed E-state index contributed by atoms with van der Waals surface area (Å²) in [5, 5.41) is 19.9. The van der Waals surface area contributed by atoms with E-state index in [2.05, 4.69) is 5.32 Å². The van der Waals surface area contributed by atoms with Crippen molar-refractivity contribution >= 4 is 23.5 Å². The minimum absolute atomic E-state index is 0.128. The number of carbonyl (C=O) groups excluding carboxylic acids is 1. The fraction of sp³-hybridized carbons (Fsp3) is 0.250. The summed E-state index contributed by atoms with van der Waals surface area (Å²) >= 11 is 0. The molecule has 18 heavy (non-hydrogen) atoms. The van der Waals surface area contributed by atoms with Crippen LogP contribution in [-0.4, -0.2) is 28.1 Å². The van der Waals surface area contributed by atoms with Crippen LogP contribution < -0.4 is 5.32 Å². The van der Waals surface area contributed by atoms with Gasteiger partial charge >= 0.3 is 11.9 Å². The number of rotatable bonds is 4. The number of carboxylic acids is 2. The molecule has 1 aliphatic carbocycles. The highest BCUT2D eigenvalue weighted by Gasteiger charge is 2.48. The second-order valence-electron chi connectivity index (χ2n) is 4.16. The number of hydrogen-bond acceptors (Lipinski definition) is 3. The third kappa shape index (κ3) is 2.48. The molecule has 3 N–H and O–H groups in total. The molecule has 1 aromatic rings. The number of nitrogens with one attached hydrogen (secondary N) is 1. The van der Waals surface area contributed by atoms with Crippen LogP contribution in [0.4, 0.5) is 5.69 Å². The summed E-state index contributed by atoms with van der Waals surface area (Å²) in [6.45, 7) is 0. The van der Waals surface area contributed by atoms with E-state index in [9.17, 15) is 14.4 Å². The molecule has 0 aliphatic heterocycles. The Bertz CT molecular complexity index is 508. The number of carboxylic acid groups (broad SMARTS) is 2. The Morgan fingerprint density at radius 2 is 1.67 bits per heavy atom. The summed E-state index contributed by atoms with van der Waals surface area (Å²) in [5.74, 6) is -3.42. The molecule has 1 amide bonds. The predicted molar refractivity (Wildman–Crippen MR) is 61.3 cm³/mol. The molecule has 0 heterocycles. The first kappa shape index (κ1) is 12.1. The van der Waals surface area contributed by atoms with Crippen LogP contribution >= 0.6 is 0 Å². The van der Waals surface area contributed by atoms with Crippen molar-refractivity contribution in [3.05, 3.63) is 29.8 Å². The van der Waals surface area contributed by atoms with E-state index in [0.29, 0.717) is 12.1 Å². The summed E-state index contributed by atoms with van der Waals surface area (Å²) in [6, 6.07) is 5.69. The van der Waals surface area contributed by atoms with E-state index in [-0.39, 0.29) is 11.5 Å². The number of aliphatic carboxylic acids is 1. The van der Waals surface area contributed by atoms with Crippen LogP contribution in [0.5, 0.6) is 0 Å². The molecule has 0 radical (unpaired) electrons. The molecule has 0 bridgehead atoms. The quantitative estimate of drug-likeness (QED) is 0.739. The number of hydrogen-bond donors (Lipinski definition) is 3. The van der Waals surface area contributed by atoms with Crippen LogP contribution in [0.25, 0.3) is 0 Å². The molecular weight excluding hydrogens is 238 g/mol. The topological polar surface area (TPSA) is 104 Å². The standard InChI is InChI=1S/C12H11NO5/c14-10(8-5-9(8)12(17)18)13-7-3-1-6(2-4-7)11(15)16/h1-4,8-9H,5H2,(H,13,14)(H,15,16)(H,17,18)/t8-,9+/m0/s1. The molecule has 0 saturated heterocycles. The highest BCUT2D eigenvalue weighted by atomic mass is 16.4. The average Bonchev–Trinajstić information content (AvgIpc) is 3.09. The lowest BCUT2D eigenvalue weighted by molar-refractivity contribution is -0.139. The number of amides is 1. The molecule has 6 heteroatoms. The SMILES string of the molecule is O=C(O)c1ccc(NC(=O)[C@H]2C[C@H]2C(=O)O)cc1. The van der Waals surface area contributed by atoms with Gasteiger partial charge in [0, 0.05) is 5.69 Å². The molecule has 6 nitrogen and oxygen atoms in total. The summed E-state index contributed by atoms with van der Waals surface area (Å²) < 4.78 is 0. The number of aromatic carboxylic acids is 1. The molecule has 2 rings (SSSR count). The molecule has 0 unspecified atom stereocenters. The Hall–Kier alpha value is -2.37. The number of anilines is 1. The molecule has 94 valence electrons. The molecule has 1 aliphatic rings. The number of carbonyl (C=O) groups is 3. The third-order valence-corrected chi connectivity index (χ3v) is 2.84. The van der Waals surface area contributed by atoms with E-state index < -0.39 is 23.8 Å². The van der Waals surface area contributed by atoms with Crippen molar-refractivity contribution in [1.82, 2.24) is 0 Å². The second-order valence-corrected chi connectivity index (χ2v) is 4.16. The summed E-state index contributed by atoms with van der Waals surface area (Å²) in [6.07, 6.45) is 0.356. The normalized spacial score (nSPS) is 21.1. The smallest absolute Gasteiger partial charge is 0.335 e. The maximum absolute atomic E-state index is 11.6. The Morgan fingerprint density at radius 3 is 2.11 bits per heavy atom. The van der Waals surface area contributed by atoms with E-state index in [4.69, 9.17) is 10.2 Å². The van der Waals surface area contributed by atoms with Gasteiger partial charge in [0.05, 0.1) is 17.4 Å². The van der Waals surface area contributed by atoms with Crippen LogP contribution in [0.2, 0.25) is 0 Å². The van der Waals surface area contributed by atoms with Crippen LogP contribution in [0.1, 0.15) is 16.8 Å². The van der Waals surface area contributed by atoms with Gasteiger partial charge in [0.1, 0.15) is 0 Å². The average molecular weight is 249 g/mol. The largest absolute Gasteiger partial charge is 0.481 e. The maximum Gasteiger partial charge on any atom is 0.335 e. The maximum atomic E-state index is 11.6. The zero-order valence-electron chi connectivity index (χ0n) is 9.29. The van der Waals surface area contributed by atoms with Gasteiger partial charge in [0.15, 0.2) is 0 Å². The lowest BCUT2D eigenvalue weighted by atomic mass is 10.2. The molecule has 1 saturated carbocycles. The van der Waals surface area contributed by atoms with Gasteiger partial charge < -0.3 is 15.5 Å². The molecule has 0 spiro atoms. The Morgan fingerprint density at radius 1 is 1.06 bits per heavy atom. The van der Waals surface area contributed by atoms with Crippen LogP contribution in [0.3, 0.4) is 0 Å². The Kier molecular flexibility index (Phi) is 3.01. The van der Waals surface area contributed by atoms with Gasteiger partial charge in [0.2, 0.25) is 5.91 Å². The predicted octanol–water partition coefficient (Wildman–Crippen LogP) is 1.04. The van der Waals surface area contributed by atoms with Gasteiger partial charge in [-0.25, -0.2) is 4.79 Å². The van der Waals surface area contributed by atoms with E-state index in [1.807, 2.05) is 0 Å². The van der Waals surface area contributed by atoms with Gasteiger partial charge in [-0.15, -0.1) is 0 Å². The lowest BCUT2D eigenvalue weighted by Gasteiger charge is -2.04. The van der Waals surface area contributed by atoms with Crippen LogP contribution in [-0.2, 0) is 9.59 Å². The second kappa shape index (κ2) is 4.48. The summed E-state index contributed by atoms with van der Waals surface area (Å²) in [5.41, 5.74) is 0.587. The first-order valence-corrected chi connectivity index (χ1v) is 5.36. The Labute approximate surface area is 102 Å². The van der Waals surface area contributed by atoms with Gasteiger partial charge in [-0.3, -0.25) is 9.59 Å². The molecule has 2 atom stereocenters. The fourth-order valence-electron chi connectivity index (χ4n) is 1.69. The highest BCUT2D eigenvalue weighted by Crippen LogP contribution is 2.39. The number of benzene rings is 1. The molecular formula is C12H11NO5. The van der Waals surface area contributed by atoms with E-state index in [0.717, 1.165) is 0 Å². The summed E-state index contributed by atoms with van der Waals surface area (Å²) in [4.78, 5) is 32.8. The van der Waals surface area contributed by atoms with Crippen molar-refractivity contribution in [2.24, 2.45) is 11.8 Å². The first-order valence-electron chi connectivity index (χ1n) is 5.36. The van der Waals surface area contributed by atoms with Gasteiger partial charge in [-0.2, -0.15) is 0 Å². The molecule has 0 aromatic heterocycles. The highest BCUT2D eigenvalue weighted by molar-refractivity contribution is 5.98. The van der Waals surface area contributed by atoms with E-state index in [1.54, 1.807) is 0 Å². The monoisotopic (exact) mass is 249 g/mol. The Balaban J connectivity index is 1.96. The lowest BCUT2D eigenvalue weighted by Crippen LogP contribution is -2.16. The van der Waals surface area contributed by atoms with Crippen LogP contribution in [0, 0.1) is 11.8 Å². The zero-order valence-corrected chi connectivity index (χ0v) is 9.29. The minimum atomic E-state index is -1.04. The van der Waals surface area contributed by atoms with Crippen LogP contribution in [0.15, 0.2) is 24.3 Å². The molecule has 1 fully saturated rings. The van der Waals surface area contributed by atoms with Gasteiger partial charge in [-0.05, 0) is 30.7 Å². The van der Waals surface area contributed by atoms with Crippen molar-refractivity contribution in [1.29, 1.82) is 0 Å². The van der Waals surface area contributed by atoms with Gasteiger partial charge in [0.25, 0.3) is 0 Å². The zero-order chi connectivity index (χ0) is 13.3. The van der Waals surface area contributed by atoms with Crippen molar-refractivity contribution < 1.29 is 24.6 Å². The summed E-state index contributed by atoms with van der Waals surface area (Å²) in [7, 11) is 0. The third-order valence-electron chi connectivity index (χ3n) is 2.84. The van der Waals surface area contributed by atoms with Crippen molar-refractivity contribution in [3.8, 4) is 0 Å². The van der Waals surface area contributed by atoms with E-state index >= 15 is 0 Å².